The van der Waals surface area contributed by atoms with Gasteiger partial charge in [0, 0.05) is 61.3 Å². The van der Waals surface area contributed by atoms with Gasteiger partial charge in [-0.2, -0.15) is 0 Å². The molecule has 1 aliphatic rings. The number of nitrogens with zero attached hydrogens (tertiary/aromatic N) is 1. The van der Waals surface area contributed by atoms with Gasteiger partial charge in [0.1, 0.15) is 0 Å². The van der Waals surface area contributed by atoms with Crippen LogP contribution in [0.4, 0.5) is 0 Å². The minimum atomic E-state index is 0.109. The molecule has 12 rings (SSSR count). The third kappa shape index (κ3) is 6.36. The summed E-state index contributed by atoms with van der Waals surface area (Å²) in [6, 6.07) is 61.8. The van der Waals surface area contributed by atoms with Crippen molar-refractivity contribution >= 4 is 101 Å². The van der Waals surface area contributed by atoms with E-state index < -0.39 is 0 Å². The van der Waals surface area contributed by atoms with Gasteiger partial charge >= 0.3 is 0 Å². The molecule has 8 aromatic carbocycles. The summed E-state index contributed by atoms with van der Waals surface area (Å²) in [6.45, 7) is 0. The zero-order valence-electron chi connectivity index (χ0n) is 30.5. The van der Waals surface area contributed by atoms with E-state index in [1.807, 2.05) is 72.8 Å². The van der Waals surface area contributed by atoms with Crippen LogP contribution in [0.2, 0.25) is 0 Å². The summed E-state index contributed by atoms with van der Waals surface area (Å²) in [6.07, 6.45) is 1.10. The zero-order valence-corrected chi connectivity index (χ0v) is 33.7. The van der Waals surface area contributed by atoms with Crippen LogP contribution in [0.1, 0.15) is 11.1 Å². The van der Waals surface area contributed by atoms with E-state index in [0.29, 0.717) is 0 Å². The Labute approximate surface area is 344 Å². The van der Waals surface area contributed by atoms with Crippen molar-refractivity contribution in [2.75, 3.05) is 0 Å². The largest absolute Gasteiger partial charge is 0.309 e. The number of rotatable bonds is 1. The topological polar surface area (TPSA) is 39.1 Å². The van der Waals surface area contributed by atoms with Gasteiger partial charge in [0.2, 0.25) is 0 Å². The van der Waals surface area contributed by atoms with Crippen LogP contribution in [0.15, 0.2) is 196 Å². The first-order valence-electron chi connectivity index (χ1n) is 18.7. The number of fused-ring (bicyclic) bond motifs is 10. The molecule has 57 heavy (non-hydrogen) atoms. The van der Waals surface area contributed by atoms with Crippen molar-refractivity contribution in [2.45, 2.75) is 6.42 Å². The van der Waals surface area contributed by atoms with Gasteiger partial charge in [-0.1, -0.05) is 125 Å². The molecular weight excluding hydrogens is 803 g/mol. The van der Waals surface area contributed by atoms with Crippen LogP contribution in [0.25, 0.3) is 79.0 Å². The van der Waals surface area contributed by atoms with Crippen molar-refractivity contribution in [1.82, 2.24) is 4.57 Å². The molecule has 11 aromatic rings. The lowest BCUT2D eigenvalue weighted by atomic mass is 10.1. The second-order valence-electron chi connectivity index (χ2n) is 14.0. The molecule has 0 spiro atoms. The molecule has 0 fully saturated rings. The molecule has 0 saturated heterocycles. The monoisotopic (exact) mass is 833 g/mol. The third-order valence-corrected chi connectivity index (χ3v) is 13.4. The Morgan fingerprint density at radius 1 is 0.404 bits per heavy atom. The van der Waals surface area contributed by atoms with E-state index in [1.165, 1.54) is 44.1 Å². The van der Waals surface area contributed by atoms with Crippen molar-refractivity contribution in [3.05, 3.63) is 218 Å². The highest BCUT2D eigenvalue weighted by Gasteiger charge is 2.16. The van der Waals surface area contributed by atoms with E-state index in [-0.39, 0.29) is 10.9 Å². The first-order chi connectivity index (χ1) is 28.0. The number of hydrogen-bond donors (Lipinski definition) is 0. The SMILES string of the molecule is O=c1c2ccccc2sc2cc(-n3c4ccccc4c4ccccc43)ccc12.O=c1c2ccccc2sc2cc(Br)ccc12.c1ccc2c(c1)Cc1ccccc1-2. The maximum absolute atomic E-state index is 12.9. The average molecular weight is 835 g/mol. The summed E-state index contributed by atoms with van der Waals surface area (Å²) in [5.41, 5.74) is 9.42. The lowest BCUT2D eigenvalue weighted by Gasteiger charge is -2.09. The van der Waals surface area contributed by atoms with Crippen molar-refractivity contribution in [2.24, 2.45) is 0 Å². The fraction of sp³-hybridized carbons (Fsp3) is 0.0196. The Morgan fingerprint density at radius 3 is 1.39 bits per heavy atom. The Bertz CT molecular complexity index is 3370. The van der Waals surface area contributed by atoms with Crippen molar-refractivity contribution in [1.29, 1.82) is 0 Å². The van der Waals surface area contributed by atoms with E-state index in [9.17, 15) is 9.59 Å². The van der Waals surface area contributed by atoms with E-state index in [2.05, 4.69) is 130 Å². The van der Waals surface area contributed by atoms with Gasteiger partial charge in [-0.25, -0.2) is 0 Å². The molecular formula is C51H32BrNO2S2. The van der Waals surface area contributed by atoms with Gasteiger partial charge in [-0.05, 0) is 101 Å². The molecule has 3 nitrogen and oxygen atoms in total. The fourth-order valence-electron chi connectivity index (χ4n) is 7.98. The maximum atomic E-state index is 12.9. The Balaban J connectivity index is 0.000000115. The molecule has 3 heterocycles. The van der Waals surface area contributed by atoms with Crippen LogP contribution in [0.5, 0.6) is 0 Å². The van der Waals surface area contributed by atoms with Gasteiger partial charge in [0.05, 0.1) is 11.0 Å². The minimum Gasteiger partial charge on any atom is -0.309 e. The van der Waals surface area contributed by atoms with E-state index in [4.69, 9.17) is 0 Å². The first kappa shape index (κ1) is 35.2. The van der Waals surface area contributed by atoms with Crippen LogP contribution >= 0.6 is 38.6 Å². The van der Waals surface area contributed by atoms with Gasteiger partial charge in [-0.15, -0.1) is 22.7 Å². The average Bonchev–Trinajstić information content (AvgIpc) is 3.80. The highest BCUT2D eigenvalue weighted by Crippen LogP contribution is 2.36. The molecule has 0 unspecified atom stereocenters. The predicted octanol–water partition coefficient (Wildman–Crippen LogP) is 13.9. The Kier molecular flexibility index (Phi) is 9.10. The van der Waals surface area contributed by atoms with Crippen molar-refractivity contribution in [3.63, 3.8) is 0 Å². The number of benzene rings is 8. The molecule has 272 valence electrons. The molecule has 0 N–H and O–H groups in total. The molecule has 6 heteroatoms. The normalized spacial score (nSPS) is 11.7. The lowest BCUT2D eigenvalue weighted by Crippen LogP contribution is -2.01. The van der Waals surface area contributed by atoms with Crippen LogP contribution in [-0.4, -0.2) is 4.57 Å². The van der Waals surface area contributed by atoms with Gasteiger partial charge < -0.3 is 4.57 Å². The summed E-state index contributed by atoms with van der Waals surface area (Å²) in [5, 5.41) is 5.67. The maximum Gasteiger partial charge on any atom is 0.195 e. The highest BCUT2D eigenvalue weighted by atomic mass is 79.9. The summed E-state index contributed by atoms with van der Waals surface area (Å²) >= 11 is 6.75. The smallest absolute Gasteiger partial charge is 0.195 e. The highest BCUT2D eigenvalue weighted by molar-refractivity contribution is 9.10. The second-order valence-corrected chi connectivity index (χ2v) is 17.1. The number of hydrogen-bond acceptors (Lipinski definition) is 4. The first-order valence-corrected chi connectivity index (χ1v) is 21.2. The summed E-state index contributed by atoms with van der Waals surface area (Å²) in [4.78, 5) is 25.1. The summed E-state index contributed by atoms with van der Waals surface area (Å²) in [7, 11) is 0. The number of aromatic nitrogens is 1. The van der Waals surface area contributed by atoms with Crippen molar-refractivity contribution in [3.8, 4) is 16.8 Å². The molecule has 1 aliphatic carbocycles. The van der Waals surface area contributed by atoms with E-state index in [1.54, 1.807) is 22.7 Å². The Hall–Kier alpha value is -6.18. The number of para-hydroxylation sites is 2. The van der Waals surface area contributed by atoms with Crippen LogP contribution in [0.3, 0.4) is 0 Å². The van der Waals surface area contributed by atoms with Gasteiger partial charge in [-0.3, -0.25) is 9.59 Å². The minimum absolute atomic E-state index is 0.109. The van der Waals surface area contributed by atoms with Gasteiger partial charge in [0.15, 0.2) is 10.9 Å². The molecule has 0 atom stereocenters. The summed E-state index contributed by atoms with van der Waals surface area (Å²) < 4.78 is 7.40. The van der Waals surface area contributed by atoms with Crippen LogP contribution in [-0.2, 0) is 6.42 Å². The lowest BCUT2D eigenvalue weighted by molar-refractivity contribution is 1.19. The molecule has 0 radical (unpaired) electrons. The second kappa shape index (κ2) is 14.7. The van der Waals surface area contributed by atoms with Crippen LogP contribution < -0.4 is 10.9 Å². The van der Waals surface area contributed by atoms with Crippen LogP contribution in [0, 0.1) is 0 Å². The fourth-order valence-corrected chi connectivity index (χ4v) is 10.7. The molecule has 0 saturated carbocycles. The van der Waals surface area contributed by atoms with Gasteiger partial charge in [0.25, 0.3) is 0 Å². The zero-order chi connectivity index (χ0) is 38.5. The quantitative estimate of drug-likeness (QED) is 0.155. The molecule has 3 aromatic heterocycles. The van der Waals surface area contributed by atoms with Crippen molar-refractivity contribution < 1.29 is 0 Å². The standard InChI is InChI=1S/C25H15NOS.C13H7BrOS.C13H10/c27-25-19-9-3-6-12-23(19)28-24-15-16(13-14-20(24)25)26-21-10-4-1-7-17(21)18-8-2-5-11-22(18)26;14-8-5-6-10-12(7-8)16-11-4-2-1-3-9(11)13(10)15;1-3-7-12-10(5-1)9-11-6-2-4-8-13(11)12/h1-15H;1-7H;1-8H,9H2. The Morgan fingerprint density at radius 2 is 0.825 bits per heavy atom. The van der Waals surface area contributed by atoms with E-state index in [0.717, 1.165) is 56.9 Å². The predicted molar refractivity (Wildman–Crippen MR) is 248 cm³/mol. The molecule has 0 amide bonds. The number of halogens is 1. The summed E-state index contributed by atoms with van der Waals surface area (Å²) in [5.74, 6) is 0. The molecule has 0 bridgehead atoms. The van der Waals surface area contributed by atoms with E-state index >= 15 is 0 Å². The third-order valence-electron chi connectivity index (χ3n) is 10.6. The molecule has 0 aliphatic heterocycles.